The molecule has 0 bridgehead atoms. The smallest absolute Gasteiger partial charge is 0.269 e. The number of hydrogen-bond donors (Lipinski definition) is 1. The van der Waals surface area contributed by atoms with Gasteiger partial charge in [0.25, 0.3) is 5.91 Å². The standard InChI is InChI=1S/C11H15BrN2O/c1-9(12)5-4-8-14-11(15)10-6-2-3-7-13-10/h2-3,6-7,9H,4-5,8H2,1H3,(H,14,15). The Kier molecular flexibility index (Phi) is 5.32. The first-order chi connectivity index (χ1) is 7.20. The van der Waals surface area contributed by atoms with Gasteiger partial charge in [0, 0.05) is 17.6 Å². The molecule has 0 fully saturated rings. The predicted molar refractivity (Wildman–Crippen MR) is 64.2 cm³/mol. The highest BCUT2D eigenvalue weighted by Crippen LogP contribution is 2.05. The summed E-state index contributed by atoms with van der Waals surface area (Å²) in [4.78, 5) is 16.0. The minimum Gasteiger partial charge on any atom is -0.351 e. The van der Waals surface area contributed by atoms with Crippen molar-refractivity contribution in [3.05, 3.63) is 30.1 Å². The van der Waals surface area contributed by atoms with Crippen LogP contribution in [0.3, 0.4) is 0 Å². The van der Waals surface area contributed by atoms with E-state index in [4.69, 9.17) is 0 Å². The summed E-state index contributed by atoms with van der Waals surface area (Å²) in [7, 11) is 0. The number of rotatable bonds is 5. The summed E-state index contributed by atoms with van der Waals surface area (Å²) in [5.74, 6) is -0.0992. The van der Waals surface area contributed by atoms with Crippen LogP contribution in [0, 0.1) is 0 Å². The van der Waals surface area contributed by atoms with Gasteiger partial charge in [-0.3, -0.25) is 9.78 Å². The zero-order valence-corrected chi connectivity index (χ0v) is 10.3. The number of halogens is 1. The number of carbonyl (C=O) groups is 1. The molecule has 0 aliphatic carbocycles. The fraction of sp³-hybridized carbons (Fsp3) is 0.455. The highest BCUT2D eigenvalue weighted by Gasteiger charge is 2.04. The summed E-state index contributed by atoms with van der Waals surface area (Å²) in [5, 5.41) is 2.83. The van der Waals surface area contributed by atoms with Gasteiger partial charge in [-0.2, -0.15) is 0 Å². The maximum Gasteiger partial charge on any atom is 0.269 e. The average molecular weight is 271 g/mol. The molecular weight excluding hydrogens is 256 g/mol. The summed E-state index contributed by atoms with van der Waals surface area (Å²) < 4.78 is 0. The van der Waals surface area contributed by atoms with Crippen molar-refractivity contribution in [3.63, 3.8) is 0 Å². The second-order valence-corrected chi connectivity index (χ2v) is 4.96. The van der Waals surface area contributed by atoms with Gasteiger partial charge >= 0.3 is 0 Å². The normalized spacial score (nSPS) is 12.1. The van der Waals surface area contributed by atoms with Crippen LogP contribution in [0.4, 0.5) is 0 Å². The van der Waals surface area contributed by atoms with E-state index in [9.17, 15) is 4.79 Å². The first-order valence-corrected chi connectivity index (χ1v) is 5.95. The van der Waals surface area contributed by atoms with Crippen LogP contribution < -0.4 is 5.32 Å². The lowest BCUT2D eigenvalue weighted by atomic mass is 10.2. The Labute approximate surface area is 98.4 Å². The van der Waals surface area contributed by atoms with E-state index in [0.29, 0.717) is 17.1 Å². The van der Waals surface area contributed by atoms with Crippen molar-refractivity contribution >= 4 is 21.8 Å². The van der Waals surface area contributed by atoms with Crippen molar-refractivity contribution in [2.45, 2.75) is 24.6 Å². The van der Waals surface area contributed by atoms with Crippen LogP contribution in [-0.4, -0.2) is 22.3 Å². The largest absolute Gasteiger partial charge is 0.351 e. The lowest BCUT2D eigenvalue weighted by Crippen LogP contribution is -2.25. The Hall–Kier alpha value is -0.900. The van der Waals surface area contributed by atoms with E-state index in [0.717, 1.165) is 12.8 Å². The monoisotopic (exact) mass is 270 g/mol. The van der Waals surface area contributed by atoms with Crippen molar-refractivity contribution in [2.75, 3.05) is 6.54 Å². The number of nitrogens with one attached hydrogen (secondary N) is 1. The first kappa shape index (κ1) is 12.2. The second kappa shape index (κ2) is 6.56. The number of aromatic nitrogens is 1. The molecule has 0 aromatic carbocycles. The molecule has 4 heteroatoms. The van der Waals surface area contributed by atoms with Crippen molar-refractivity contribution < 1.29 is 4.79 Å². The van der Waals surface area contributed by atoms with Crippen LogP contribution in [-0.2, 0) is 0 Å². The average Bonchev–Trinajstić information content (AvgIpc) is 2.25. The Morgan fingerprint density at radius 1 is 1.60 bits per heavy atom. The molecule has 0 radical (unpaired) electrons. The number of alkyl halides is 1. The number of hydrogen-bond acceptors (Lipinski definition) is 2. The zero-order valence-electron chi connectivity index (χ0n) is 8.74. The maximum absolute atomic E-state index is 11.5. The maximum atomic E-state index is 11.5. The minimum absolute atomic E-state index is 0.0992. The van der Waals surface area contributed by atoms with Gasteiger partial charge in [-0.25, -0.2) is 0 Å². The van der Waals surface area contributed by atoms with Crippen LogP contribution >= 0.6 is 15.9 Å². The molecule has 1 heterocycles. The SMILES string of the molecule is CC(Br)CCCNC(=O)c1ccccn1. The highest BCUT2D eigenvalue weighted by atomic mass is 79.9. The van der Waals surface area contributed by atoms with Gasteiger partial charge in [0.2, 0.25) is 0 Å². The van der Waals surface area contributed by atoms with Crippen LogP contribution in [0.2, 0.25) is 0 Å². The summed E-state index contributed by atoms with van der Waals surface area (Å²) in [6.07, 6.45) is 3.66. The summed E-state index contributed by atoms with van der Waals surface area (Å²) in [6, 6.07) is 5.31. The third-order valence-electron chi connectivity index (χ3n) is 1.96. The van der Waals surface area contributed by atoms with E-state index >= 15 is 0 Å². The van der Waals surface area contributed by atoms with Crippen molar-refractivity contribution in [3.8, 4) is 0 Å². The second-order valence-electron chi connectivity index (χ2n) is 3.39. The van der Waals surface area contributed by atoms with E-state index in [1.54, 1.807) is 18.3 Å². The van der Waals surface area contributed by atoms with Crippen molar-refractivity contribution in [2.24, 2.45) is 0 Å². The van der Waals surface area contributed by atoms with Gasteiger partial charge in [-0.15, -0.1) is 0 Å². The number of nitrogens with zero attached hydrogens (tertiary/aromatic N) is 1. The Morgan fingerprint density at radius 2 is 2.40 bits per heavy atom. The van der Waals surface area contributed by atoms with E-state index in [1.165, 1.54) is 0 Å². The highest BCUT2D eigenvalue weighted by molar-refractivity contribution is 9.09. The van der Waals surface area contributed by atoms with Crippen LogP contribution in [0.5, 0.6) is 0 Å². The molecule has 0 saturated carbocycles. The van der Waals surface area contributed by atoms with Crippen LogP contribution in [0.1, 0.15) is 30.3 Å². The molecule has 0 aliphatic rings. The molecule has 82 valence electrons. The molecule has 3 nitrogen and oxygen atoms in total. The quantitative estimate of drug-likeness (QED) is 0.660. The third-order valence-corrected chi connectivity index (χ3v) is 2.42. The van der Waals surface area contributed by atoms with E-state index in [-0.39, 0.29) is 5.91 Å². The predicted octanol–water partition coefficient (Wildman–Crippen LogP) is 2.38. The van der Waals surface area contributed by atoms with Gasteiger partial charge in [0.05, 0.1) is 0 Å². The molecule has 0 saturated heterocycles. The Balaban J connectivity index is 2.25. The molecule has 1 N–H and O–H groups in total. The first-order valence-electron chi connectivity index (χ1n) is 5.03. The molecule has 1 atom stereocenters. The van der Waals surface area contributed by atoms with E-state index < -0.39 is 0 Å². The fourth-order valence-electron chi connectivity index (χ4n) is 1.17. The fourth-order valence-corrected chi connectivity index (χ4v) is 1.50. The minimum atomic E-state index is -0.0992. The zero-order chi connectivity index (χ0) is 11.1. The summed E-state index contributed by atoms with van der Waals surface area (Å²) in [5.41, 5.74) is 0.476. The summed E-state index contributed by atoms with van der Waals surface area (Å²) >= 11 is 3.46. The molecule has 0 spiro atoms. The molecule has 1 aromatic heterocycles. The molecule has 1 rings (SSSR count). The van der Waals surface area contributed by atoms with Gasteiger partial charge in [0.1, 0.15) is 5.69 Å². The number of carbonyl (C=O) groups excluding carboxylic acids is 1. The van der Waals surface area contributed by atoms with Crippen molar-refractivity contribution in [1.29, 1.82) is 0 Å². The van der Waals surface area contributed by atoms with Crippen LogP contribution in [0.15, 0.2) is 24.4 Å². The Morgan fingerprint density at radius 3 is 3.00 bits per heavy atom. The van der Waals surface area contributed by atoms with Gasteiger partial charge in [-0.1, -0.05) is 28.9 Å². The van der Waals surface area contributed by atoms with E-state index in [1.807, 2.05) is 6.07 Å². The molecule has 1 amide bonds. The van der Waals surface area contributed by atoms with Gasteiger partial charge in [0.15, 0.2) is 0 Å². The lowest BCUT2D eigenvalue weighted by Gasteiger charge is -2.05. The third kappa shape index (κ3) is 4.93. The van der Waals surface area contributed by atoms with Crippen molar-refractivity contribution in [1.82, 2.24) is 10.3 Å². The molecule has 15 heavy (non-hydrogen) atoms. The lowest BCUT2D eigenvalue weighted by molar-refractivity contribution is 0.0948. The molecule has 1 unspecified atom stereocenters. The topological polar surface area (TPSA) is 42.0 Å². The molecule has 1 aromatic rings. The van der Waals surface area contributed by atoms with Crippen LogP contribution in [0.25, 0.3) is 0 Å². The Bertz CT molecular complexity index is 301. The summed E-state index contributed by atoms with van der Waals surface area (Å²) in [6.45, 7) is 2.80. The number of pyridine rings is 1. The molecule has 0 aliphatic heterocycles. The van der Waals surface area contributed by atoms with Gasteiger partial charge < -0.3 is 5.32 Å². The number of amides is 1. The molecular formula is C11H15BrN2O. The van der Waals surface area contributed by atoms with E-state index in [2.05, 4.69) is 33.2 Å². The van der Waals surface area contributed by atoms with Gasteiger partial charge in [-0.05, 0) is 25.0 Å².